The standard InChI is InChI=1S/C19H16N4O2S2/c1-11-17(23-27-22-11)10-25-15-6-3-13(4-7-15)19(24)21-14-5-8-16-18(9-14)26-12(2)20-16/h3-9H,10H2,1-2H3,(H,21,24). The number of hydrogen-bond donors (Lipinski definition) is 1. The number of nitrogens with one attached hydrogen (secondary N) is 1. The minimum atomic E-state index is -0.165. The molecule has 0 aliphatic rings. The Kier molecular flexibility index (Phi) is 4.83. The summed E-state index contributed by atoms with van der Waals surface area (Å²) in [7, 11) is 0. The van der Waals surface area contributed by atoms with E-state index in [0.717, 1.165) is 32.3 Å². The minimum absolute atomic E-state index is 0.165. The van der Waals surface area contributed by atoms with E-state index in [9.17, 15) is 4.79 Å². The molecule has 136 valence electrons. The van der Waals surface area contributed by atoms with Crippen LogP contribution in [0.3, 0.4) is 0 Å². The second-order valence-electron chi connectivity index (χ2n) is 5.98. The zero-order chi connectivity index (χ0) is 18.8. The Balaban J connectivity index is 1.41. The quantitative estimate of drug-likeness (QED) is 0.534. The molecular weight excluding hydrogens is 380 g/mol. The summed E-state index contributed by atoms with van der Waals surface area (Å²) >= 11 is 2.78. The maximum atomic E-state index is 12.5. The predicted molar refractivity (Wildman–Crippen MR) is 108 cm³/mol. The van der Waals surface area contributed by atoms with Gasteiger partial charge in [-0.05, 0) is 56.3 Å². The second-order valence-corrected chi connectivity index (χ2v) is 7.74. The van der Waals surface area contributed by atoms with E-state index in [0.29, 0.717) is 17.9 Å². The van der Waals surface area contributed by atoms with Gasteiger partial charge in [0.05, 0.1) is 32.6 Å². The number of anilines is 1. The minimum Gasteiger partial charge on any atom is -0.487 e. The normalized spacial score (nSPS) is 10.9. The van der Waals surface area contributed by atoms with Crippen molar-refractivity contribution < 1.29 is 9.53 Å². The van der Waals surface area contributed by atoms with Gasteiger partial charge in [-0.1, -0.05) is 0 Å². The Morgan fingerprint density at radius 2 is 1.93 bits per heavy atom. The molecule has 6 nitrogen and oxygen atoms in total. The van der Waals surface area contributed by atoms with Gasteiger partial charge < -0.3 is 10.1 Å². The molecule has 2 aromatic carbocycles. The van der Waals surface area contributed by atoms with Crippen molar-refractivity contribution in [1.82, 2.24) is 13.7 Å². The number of thiazole rings is 1. The van der Waals surface area contributed by atoms with Crippen molar-refractivity contribution in [2.45, 2.75) is 20.5 Å². The predicted octanol–water partition coefficient (Wildman–Crippen LogP) is 4.60. The largest absolute Gasteiger partial charge is 0.487 e. The number of fused-ring (bicyclic) bond motifs is 1. The first-order valence-electron chi connectivity index (χ1n) is 8.28. The number of benzene rings is 2. The van der Waals surface area contributed by atoms with E-state index in [1.165, 1.54) is 11.7 Å². The zero-order valence-electron chi connectivity index (χ0n) is 14.7. The Morgan fingerprint density at radius 1 is 1.11 bits per heavy atom. The van der Waals surface area contributed by atoms with Gasteiger partial charge in [-0.3, -0.25) is 4.79 Å². The van der Waals surface area contributed by atoms with E-state index in [-0.39, 0.29) is 5.91 Å². The third-order valence-electron chi connectivity index (χ3n) is 3.99. The Labute approximate surface area is 164 Å². The lowest BCUT2D eigenvalue weighted by atomic mass is 10.2. The van der Waals surface area contributed by atoms with Gasteiger partial charge in [0.25, 0.3) is 5.91 Å². The first kappa shape index (κ1) is 17.6. The van der Waals surface area contributed by atoms with Crippen molar-refractivity contribution in [1.29, 1.82) is 0 Å². The Bertz CT molecular complexity index is 1100. The van der Waals surface area contributed by atoms with Crippen molar-refractivity contribution in [2.24, 2.45) is 0 Å². The summed E-state index contributed by atoms with van der Waals surface area (Å²) in [4.78, 5) is 16.9. The van der Waals surface area contributed by atoms with Crippen molar-refractivity contribution >= 4 is 44.9 Å². The highest BCUT2D eigenvalue weighted by atomic mass is 32.1. The van der Waals surface area contributed by atoms with E-state index < -0.39 is 0 Å². The molecular formula is C19H16N4O2S2. The molecule has 0 aliphatic heterocycles. The van der Waals surface area contributed by atoms with Gasteiger partial charge in [-0.15, -0.1) is 11.3 Å². The highest BCUT2D eigenvalue weighted by Crippen LogP contribution is 2.25. The number of aromatic nitrogens is 3. The van der Waals surface area contributed by atoms with E-state index in [1.54, 1.807) is 35.6 Å². The van der Waals surface area contributed by atoms with Crippen LogP contribution in [0.2, 0.25) is 0 Å². The van der Waals surface area contributed by atoms with Crippen LogP contribution in [-0.4, -0.2) is 19.6 Å². The summed E-state index contributed by atoms with van der Waals surface area (Å²) in [5.41, 5.74) is 3.97. The molecule has 1 amide bonds. The van der Waals surface area contributed by atoms with Crippen LogP contribution >= 0.6 is 23.1 Å². The highest BCUT2D eigenvalue weighted by molar-refractivity contribution is 7.18. The fraction of sp³-hybridized carbons (Fsp3) is 0.158. The highest BCUT2D eigenvalue weighted by Gasteiger charge is 2.09. The van der Waals surface area contributed by atoms with E-state index >= 15 is 0 Å². The van der Waals surface area contributed by atoms with E-state index in [1.807, 2.05) is 32.0 Å². The second kappa shape index (κ2) is 7.42. The van der Waals surface area contributed by atoms with Crippen LogP contribution in [0, 0.1) is 13.8 Å². The van der Waals surface area contributed by atoms with Gasteiger partial charge in [0, 0.05) is 11.3 Å². The van der Waals surface area contributed by atoms with Crippen molar-refractivity contribution in [3.8, 4) is 5.75 Å². The number of carbonyl (C=O) groups is 1. The van der Waals surface area contributed by atoms with Crippen molar-refractivity contribution in [2.75, 3.05) is 5.32 Å². The maximum absolute atomic E-state index is 12.5. The van der Waals surface area contributed by atoms with Crippen LogP contribution in [0.1, 0.15) is 26.8 Å². The molecule has 1 N–H and O–H groups in total. The first-order chi connectivity index (χ1) is 13.1. The molecule has 0 fully saturated rings. The first-order valence-corrected chi connectivity index (χ1v) is 9.82. The van der Waals surface area contributed by atoms with Crippen LogP contribution in [-0.2, 0) is 6.61 Å². The Hall–Kier alpha value is -2.84. The number of rotatable bonds is 5. The van der Waals surface area contributed by atoms with Gasteiger partial charge in [0.1, 0.15) is 18.1 Å². The number of carbonyl (C=O) groups excluding carboxylic acids is 1. The van der Waals surface area contributed by atoms with Gasteiger partial charge in [0.15, 0.2) is 0 Å². The van der Waals surface area contributed by atoms with Crippen LogP contribution in [0.4, 0.5) is 5.69 Å². The molecule has 4 rings (SSSR count). The monoisotopic (exact) mass is 396 g/mol. The third-order valence-corrected chi connectivity index (χ3v) is 5.58. The van der Waals surface area contributed by atoms with Crippen LogP contribution in [0.5, 0.6) is 5.75 Å². The average Bonchev–Trinajstić information content (AvgIpc) is 3.24. The molecule has 4 aromatic rings. The maximum Gasteiger partial charge on any atom is 0.255 e. The summed E-state index contributed by atoms with van der Waals surface area (Å²) in [5, 5.41) is 3.93. The Morgan fingerprint density at radius 3 is 2.67 bits per heavy atom. The molecule has 0 saturated carbocycles. The molecule has 27 heavy (non-hydrogen) atoms. The molecule has 0 unspecified atom stereocenters. The molecule has 0 spiro atoms. The van der Waals surface area contributed by atoms with Gasteiger partial charge in [-0.25, -0.2) is 4.98 Å². The lowest BCUT2D eigenvalue weighted by Crippen LogP contribution is -2.11. The lowest BCUT2D eigenvalue weighted by molar-refractivity contribution is 0.102. The molecule has 0 radical (unpaired) electrons. The summed E-state index contributed by atoms with van der Waals surface area (Å²) in [6, 6.07) is 12.8. The van der Waals surface area contributed by atoms with E-state index in [2.05, 4.69) is 19.0 Å². The summed E-state index contributed by atoms with van der Waals surface area (Å²) in [5.74, 6) is 0.516. The fourth-order valence-electron chi connectivity index (χ4n) is 2.56. The summed E-state index contributed by atoms with van der Waals surface area (Å²) < 4.78 is 15.1. The topological polar surface area (TPSA) is 77.0 Å². The van der Waals surface area contributed by atoms with E-state index in [4.69, 9.17) is 4.74 Å². The lowest BCUT2D eigenvalue weighted by Gasteiger charge is -2.07. The zero-order valence-corrected chi connectivity index (χ0v) is 16.4. The van der Waals surface area contributed by atoms with Crippen LogP contribution < -0.4 is 10.1 Å². The fourth-order valence-corrected chi connectivity index (χ4v) is 3.97. The van der Waals surface area contributed by atoms with Crippen LogP contribution in [0.15, 0.2) is 42.5 Å². The average molecular weight is 396 g/mol. The van der Waals surface area contributed by atoms with Crippen molar-refractivity contribution in [3.05, 3.63) is 64.4 Å². The third kappa shape index (κ3) is 3.96. The van der Waals surface area contributed by atoms with Crippen LogP contribution in [0.25, 0.3) is 10.2 Å². The van der Waals surface area contributed by atoms with Gasteiger partial charge in [0.2, 0.25) is 0 Å². The molecule has 0 aliphatic carbocycles. The number of aryl methyl sites for hydroxylation is 2. The summed E-state index contributed by atoms with van der Waals surface area (Å²) in [6.45, 7) is 4.24. The SMILES string of the molecule is Cc1nc2ccc(NC(=O)c3ccc(OCc4nsnc4C)cc3)cc2s1. The van der Waals surface area contributed by atoms with Gasteiger partial charge in [-0.2, -0.15) is 8.75 Å². The number of hydrogen-bond acceptors (Lipinski definition) is 7. The number of ether oxygens (including phenoxy) is 1. The van der Waals surface area contributed by atoms with Gasteiger partial charge >= 0.3 is 0 Å². The molecule has 2 heterocycles. The smallest absolute Gasteiger partial charge is 0.255 e. The molecule has 0 saturated heterocycles. The molecule has 0 bridgehead atoms. The molecule has 8 heteroatoms. The molecule has 2 aromatic heterocycles. The number of amides is 1. The summed E-state index contributed by atoms with van der Waals surface area (Å²) in [6.07, 6.45) is 0. The van der Waals surface area contributed by atoms with Crippen molar-refractivity contribution in [3.63, 3.8) is 0 Å². The molecule has 0 atom stereocenters. The number of nitrogens with zero attached hydrogens (tertiary/aromatic N) is 3.